The van der Waals surface area contributed by atoms with Crippen molar-refractivity contribution in [3.63, 3.8) is 0 Å². The lowest BCUT2D eigenvalue weighted by atomic mass is 10.1. The van der Waals surface area contributed by atoms with Crippen molar-refractivity contribution in [3.8, 4) is 5.75 Å². The molecule has 0 aromatic heterocycles. The van der Waals surface area contributed by atoms with Crippen molar-refractivity contribution >= 4 is 12.0 Å². The van der Waals surface area contributed by atoms with Crippen LogP contribution in [0.4, 0.5) is 5.69 Å². The fraction of sp³-hybridized carbons (Fsp3) is 0.462. The Labute approximate surface area is 96.7 Å². The smallest absolute Gasteiger partial charge is 0.153 e. The van der Waals surface area contributed by atoms with E-state index in [1.807, 2.05) is 6.07 Å². The van der Waals surface area contributed by atoms with Gasteiger partial charge in [-0.25, -0.2) is 0 Å². The number of carbonyl (C=O) groups is 1. The summed E-state index contributed by atoms with van der Waals surface area (Å²) < 4.78 is 0. The maximum absolute atomic E-state index is 10.7. The molecular formula is C13H19NO2. The lowest BCUT2D eigenvalue weighted by Crippen LogP contribution is -2.24. The Bertz CT molecular complexity index is 344. The first kappa shape index (κ1) is 12.6. The maximum Gasteiger partial charge on any atom is 0.153 e. The van der Waals surface area contributed by atoms with Gasteiger partial charge in [0.1, 0.15) is 5.75 Å². The number of aldehydes is 1. The van der Waals surface area contributed by atoms with Gasteiger partial charge in [0, 0.05) is 18.8 Å². The number of hydrogen-bond donors (Lipinski definition) is 1. The third-order valence-electron chi connectivity index (χ3n) is 2.49. The van der Waals surface area contributed by atoms with Gasteiger partial charge in [-0.05, 0) is 31.0 Å². The van der Waals surface area contributed by atoms with Crippen LogP contribution in [0.25, 0.3) is 0 Å². The van der Waals surface area contributed by atoms with E-state index in [0.717, 1.165) is 31.6 Å². The maximum atomic E-state index is 10.7. The molecule has 3 nitrogen and oxygen atoms in total. The van der Waals surface area contributed by atoms with Gasteiger partial charge in [0.05, 0.1) is 5.56 Å². The molecule has 1 aromatic carbocycles. The van der Waals surface area contributed by atoms with Crippen molar-refractivity contribution in [2.45, 2.75) is 26.7 Å². The molecule has 0 aliphatic carbocycles. The minimum atomic E-state index is 0.0479. The number of rotatable bonds is 6. The zero-order chi connectivity index (χ0) is 12.0. The highest BCUT2D eigenvalue weighted by Gasteiger charge is 2.07. The third-order valence-corrected chi connectivity index (χ3v) is 2.49. The van der Waals surface area contributed by atoms with Crippen molar-refractivity contribution in [1.82, 2.24) is 0 Å². The van der Waals surface area contributed by atoms with Crippen LogP contribution in [0.2, 0.25) is 0 Å². The number of hydrogen-bond acceptors (Lipinski definition) is 3. The average Bonchev–Trinajstić information content (AvgIpc) is 2.29. The van der Waals surface area contributed by atoms with Crippen LogP contribution in [-0.4, -0.2) is 24.5 Å². The Kier molecular flexibility index (Phi) is 4.83. The van der Waals surface area contributed by atoms with E-state index in [2.05, 4.69) is 18.7 Å². The molecule has 0 saturated carbocycles. The first-order valence-corrected chi connectivity index (χ1v) is 5.76. The highest BCUT2D eigenvalue weighted by molar-refractivity contribution is 5.81. The molecule has 16 heavy (non-hydrogen) atoms. The normalized spacial score (nSPS) is 10.1. The molecule has 1 aromatic rings. The van der Waals surface area contributed by atoms with E-state index in [1.165, 1.54) is 0 Å². The third kappa shape index (κ3) is 2.99. The second kappa shape index (κ2) is 6.16. The molecule has 0 radical (unpaired) electrons. The Morgan fingerprint density at radius 1 is 1.25 bits per heavy atom. The van der Waals surface area contributed by atoms with E-state index in [4.69, 9.17) is 0 Å². The van der Waals surface area contributed by atoms with Gasteiger partial charge in [0.2, 0.25) is 0 Å². The Balaban J connectivity index is 2.95. The van der Waals surface area contributed by atoms with Gasteiger partial charge in [0.25, 0.3) is 0 Å². The SMILES string of the molecule is CCCN(CCC)c1ccc(O)c(C=O)c1. The lowest BCUT2D eigenvalue weighted by Gasteiger charge is -2.24. The molecule has 0 spiro atoms. The van der Waals surface area contributed by atoms with Gasteiger partial charge in [-0.15, -0.1) is 0 Å². The highest BCUT2D eigenvalue weighted by atomic mass is 16.3. The quantitative estimate of drug-likeness (QED) is 0.751. The molecule has 0 amide bonds. The predicted octanol–water partition coefficient (Wildman–Crippen LogP) is 2.83. The van der Waals surface area contributed by atoms with E-state index < -0.39 is 0 Å². The van der Waals surface area contributed by atoms with Crippen LogP contribution in [-0.2, 0) is 0 Å². The zero-order valence-corrected chi connectivity index (χ0v) is 9.94. The Morgan fingerprint density at radius 2 is 1.88 bits per heavy atom. The van der Waals surface area contributed by atoms with Crippen LogP contribution < -0.4 is 4.90 Å². The average molecular weight is 221 g/mol. The van der Waals surface area contributed by atoms with Gasteiger partial charge in [-0.3, -0.25) is 4.79 Å². The molecule has 0 aliphatic rings. The molecule has 88 valence electrons. The van der Waals surface area contributed by atoms with E-state index >= 15 is 0 Å². The van der Waals surface area contributed by atoms with Gasteiger partial charge in [-0.2, -0.15) is 0 Å². The largest absolute Gasteiger partial charge is 0.507 e. The van der Waals surface area contributed by atoms with Crippen molar-refractivity contribution in [2.75, 3.05) is 18.0 Å². The standard InChI is InChI=1S/C13H19NO2/c1-3-7-14(8-4-2)12-5-6-13(16)11(9-12)10-15/h5-6,9-10,16H,3-4,7-8H2,1-2H3. The summed E-state index contributed by atoms with van der Waals surface area (Å²) in [6, 6.07) is 5.18. The predicted molar refractivity (Wildman–Crippen MR) is 66.3 cm³/mol. The molecule has 0 saturated heterocycles. The summed E-state index contributed by atoms with van der Waals surface area (Å²) in [5.74, 6) is 0.0479. The van der Waals surface area contributed by atoms with E-state index in [0.29, 0.717) is 11.8 Å². The number of anilines is 1. The summed E-state index contributed by atoms with van der Waals surface area (Å²) in [7, 11) is 0. The first-order chi connectivity index (χ1) is 7.72. The molecular weight excluding hydrogens is 202 g/mol. The summed E-state index contributed by atoms with van der Waals surface area (Å²) in [5.41, 5.74) is 1.36. The van der Waals surface area contributed by atoms with Gasteiger partial charge >= 0.3 is 0 Å². The number of benzene rings is 1. The molecule has 0 unspecified atom stereocenters. The summed E-state index contributed by atoms with van der Waals surface area (Å²) in [6.07, 6.45) is 2.82. The number of nitrogens with zero attached hydrogens (tertiary/aromatic N) is 1. The Hall–Kier alpha value is -1.51. The lowest BCUT2D eigenvalue weighted by molar-refractivity contribution is 0.112. The van der Waals surface area contributed by atoms with Crippen LogP contribution >= 0.6 is 0 Å². The minimum Gasteiger partial charge on any atom is -0.507 e. The highest BCUT2D eigenvalue weighted by Crippen LogP contribution is 2.23. The van der Waals surface area contributed by atoms with Crippen LogP contribution in [0, 0.1) is 0 Å². The van der Waals surface area contributed by atoms with E-state index in [-0.39, 0.29) is 5.75 Å². The second-order valence-electron chi connectivity index (χ2n) is 3.85. The van der Waals surface area contributed by atoms with Gasteiger partial charge in [-0.1, -0.05) is 13.8 Å². The summed E-state index contributed by atoms with van der Waals surface area (Å²) in [5, 5.41) is 9.43. The Morgan fingerprint density at radius 3 is 2.38 bits per heavy atom. The van der Waals surface area contributed by atoms with Crippen molar-refractivity contribution in [1.29, 1.82) is 0 Å². The summed E-state index contributed by atoms with van der Waals surface area (Å²) in [4.78, 5) is 13.0. The van der Waals surface area contributed by atoms with Crippen LogP contribution in [0.5, 0.6) is 5.75 Å². The first-order valence-electron chi connectivity index (χ1n) is 5.76. The van der Waals surface area contributed by atoms with Crippen molar-refractivity contribution < 1.29 is 9.90 Å². The topological polar surface area (TPSA) is 40.5 Å². The zero-order valence-electron chi connectivity index (χ0n) is 9.94. The van der Waals surface area contributed by atoms with Gasteiger partial charge in [0.15, 0.2) is 6.29 Å². The van der Waals surface area contributed by atoms with Crippen LogP contribution in [0.3, 0.4) is 0 Å². The molecule has 1 N–H and O–H groups in total. The van der Waals surface area contributed by atoms with Crippen LogP contribution in [0.1, 0.15) is 37.0 Å². The molecule has 1 rings (SSSR count). The summed E-state index contributed by atoms with van der Waals surface area (Å²) >= 11 is 0. The molecule has 0 heterocycles. The van der Waals surface area contributed by atoms with E-state index in [1.54, 1.807) is 12.1 Å². The monoisotopic (exact) mass is 221 g/mol. The fourth-order valence-electron chi connectivity index (χ4n) is 1.74. The molecule has 0 bridgehead atoms. The van der Waals surface area contributed by atoms with Crippen molar-refractivity contribution in [3.05, 3.63) is 23.8 Å². The van der Waals surface area contributed by atoms with Crippen LogP contribution in [0.15, 0.2) is 18.2 Å². The molecule has 0 aliphatic heterocycles. The molecule has 0 atom stereocenters. The number of phenols is 1. The fourth-order valence-corrected chi connectivity index (χ4v) is 1.74. The minimum absolute atomic E-state index is 0.0479. The van der Waals surface area contributed by atoms with Gasteiger partial charge < -0.3 is 10.0 Å². The van der Waals surface area contributed by atoms with Crippen molar-refractivity contribution in [2.24, 2.45) is 0 Å². The molecule has 0 fully saturated rings. The molecule has 3 heteroatoms. The number of carbonyl (C=O) groups excluding carboxylic acids is 1. The summed E-state index contributed by atoms with van der Waals surface area (Å²) in [6.45, 7) is 6.20. The number of phenolic OH excluding ortho intramolecular Hbond substituents is 1. The second-order valence-corrected chi connectivity index (χ2v) is 3.85. The number of aromatic hydroxyl groups is 1. The van der Waals surface area contributed by atoms with E-state index in [9.17, 15) is 9.90 Å².